The molecule has 0 heterocycles. The molecule has 0 amide bonds. The van der Waals surface area contributed by atoms with Crippen LogP contribution < -0.4 is 0 Å². The molecule has 0 radical (unpaired) electrons. The number of rotatable bonds is 0. The molecule has 0 saturated heterocycles. The third-order valence-electron chi connectivity index (χ3n) is 1.55. The van der Waals surface area contributed by atoms with Gasteiger partial charge in [-0.05, 0) is 12.8 Å². The van der Waals surface area contributed by atoms with Crippen molar-refractivity contribution in [3.05, 3.63) is 60.8 Å². The molecule has 0 heteroatoms. The Balaban J connectivity index is 2.55. The zero-order valence-corrected chi connectivity index (χ0v) is 7.19. The van der Waals surface area contributed by atoms with Gasteiger partial charge in [0.05, 0.1) is 0 Å². The summed E-state index contributed by atoms with van der Waals surface area (Å²) >= 11 is 0. The Morgan fingerprint density at radius 2 is 0.750 bits per heavy atom. The minimum Gasteiger partial charge on any atom is -0.0842 e. The fourth-order valence-electron chi connectivity index (χ4n) is 0.927. The van der Waals surface area contributed by atoms with E-state index < -0.39 is 0 Å². The molecule has 0 fully saturated rings. The van der Waals surface area contributed by atoms with E-state index in [1.54, 1.807) is 0 Å². The molecular formula is C12H14. The highest BCUT2D eigenvalue weighted by Crippen LogP contribution is 1.95. The van der Waals surface area contributed by atoms with Gasteiger partial charge in [-0.25, -0.2) is 0 Å². The molecule has 0 aromatic rings. The fraction of sp³-hybridized carbons (Fsp3) is 0.167. The van der Waals surface area contributed by atoms with Gasteiger partial charge in [0.2, 0.25) is 0 Å². The first-order valence-electron chi connectivity index (χ1n) is 4.32. The van der Waals surface area contributed by atoms with E-state index in [9.17, 15) is 0 Å². The van der Waals surface area contributed by atoms with Gasteiger partial charge < -0.3 is 0 Å². The quantitative estimate of drug-likeness (QED) is 0.505. The van der Waals surface area contributed by atoms with Crippen LogP contribution in [-0.2, 0) is 0 Å². The van der Waals surface area contributed by atoms with Crippen molar-refractivity contribution < 1.29 is 0 Å². The minimum absolute atomic E-state index is 1.12. The number of hydrogen-bond donors (Lipinski definition) is 0. The second-order valence-electron chi connectivity index (χ2n) is 2.59. The first-order valence-corrected chi connectivity index (χ1v) is 4.32. The number of allylic oxidation sites excluding steroid dienone is 10. The lowest BCUT2D eigenvalue weighted by molar-refractivity contribution is 1.05. The second kappa shape index (κ2) is 6.41. The van der Waals surface area contributed by atoms with Gasteiger partial charge in [0.15, 0.2) is 0 Å². The van der Waals surface area contributed by atoms with E-state index >= 15 is 0 Å². The molecule has 0 aliphatic heterocycles. The molecule has 0 aromatic heterocycles. The summed E-state index contributed by atoms with van der Waals surface area (Å²) < 4.78 is 0. The van der Waals surface area contributed by atoms with E-state index in [1.807, 2.05) is 24.3 Å². The van der Waals surface area contributed by atoms with Gasteiger partial charge in [0.1, 0.15) is 0 Å². The van der Waals surface area contributed by atoms with Gasteiger partial charge in [-0.2, -0.15) is 0 Å². The molecule has 0 saturated carbocycles. The lowest BCUT2D eigenvalue weighted by Gasteiger charge is -1.84. The standard InChI is InChI=1S/C12H14/c1-2-4-6-8-10-12-11-9-7-5-3-1/h1-10H,11-12H2. The number of hydrogen-bond acceptors (Lipinski definition) is 0. The Bertz CT molecular complexity index is 211. The molecule has 0 spiro atoms. The molecule has 0 nitrogen and oxygen atoms in total. The van der Waals surface area contributed by atoms with Gasteiger partial charge in [0, 0.05) is 0 Å². The largest absolute Gasteiger partial charge is 0.0842 e. The minimum atomic E-state index is 1.12. The Morgan fingerprint density at radius 1 is 0.417 bits per heavy atom. The van der Waals surface area contributed by atoms with Crippen molar-refractivity contribution in [2.24, 2.45) is 0 Å². The maximum atomic E-state index is 2.18. The van der Waals surface area contributed by atoms with Crippen molar-refractivity contribution in [3.63, 3.8) is 0 Å². The normalized spacial score (nSPS) is 17.3. The van der Waals surface area contributed by atoms with Gasteiger partial charge >= 0.3 is 0 Å². The van der Waals surface area contributed by atoms with E-state index in [2.05, 4.69) is 36.5 Å². The third kappa shape index (κ3) is 4.51. The maximum absolute atomic E-state index is 2.18. The second-order valence-corrected chi connectivity index (χ2v) is 2.59. The van der Waals surface area contributed by atoms with Crippen LogP contribution >= 0.6 is 0 Å². The van der Waals surface area contributed by atoms with E-state index in [1.165, 1.54) is 0 Å². The summed E-state index contributed by atoms with van der Waals surface area (Å²) in [5.41, 5.74) is 0. The lowest BCUT2D eigenvalue weighted by atomic mass is 10.2. The highest BCUT2D eigenvalue weighted by atomic mass is 13.8. The van der Waals surface area contributed by atoms with Crippen molar-refractivity contribution in [3.8, 4) is 0 Å². The van der Waals surface area contributed by atoms with Gasteiger partial charge in [-0.1, -0.05) is 60.8 Å². The van der Waals surface area contributed by atoms with Crippen molar-refractivity contribution >= 4 is 0 Å². The molecule has 0 aromatic carbocycles. The average molecular weight is 158 g/mol. The average Bonchev–Trinajstić information content (AvgIpc) is 2.05. The first-order chi connectivity index (χ1) is 6.00. The van der Waals surface area contributed by atoms with Crippen LogP contribution in [0.1, 0.15) is 12.8 Å². The summed E-state index contributed by atoms with van der Waals surface area (Å²) in [5.74, 6) is 0. The Morgan fingerprint density at radius 3 is 1.17 bits per heavy atom. The molecule has 12 heavy (non-hydrogen) atoms. The van der Waals surface area contributed by atoms with E-state index in [0.717, 1.165) is 12.8 Å². The summed E-state index contributed by atoms with van der Waals surface area (Å²) in [6, 6.07) is 0. The summed E-state index contributed by atoms with van der Waals surface area (Å²) in [6.07, 6.45) is 23.0. The molecule has 1 rings (SSSR count). The van der Waals surface area contributed by atoms with Crippen molar-refractivity contribution in [1.82, 2.24) is 0 Å². The Labute approximate surface area is 74.3 Å². The summed E-state index contributed by atoms with van der Waals surface area (Å²) in [7, 11) is 0. The van der Waals surface area contributed by atoms with Crippen LogP contribution in [0.25, 0.3) is 0 Å². The molecule has 62 valence electrons. The van der Waals surface area contributed by atoms with Crippen molar-refractivity contribution in [2.45, 2.75) is 12.8 Å². The Hall–Kier alpha value is -1.30. The molecule has 0 N–H and O–H groups in total. The molecular weight excluding hydrogens is 144 g/mol. The van der Waals surface area contributed by atoms with E-state index in [-0.39, 0.29) is 0 Å². The monoisotopic (exact) mass is 158 g/mol. The SMILES string of the molecule is C1=CC=CC=CCCC=CC=C1. The van der Waals surface area contributed by atoms with Crippen LogP contribution in [-0.4, -0.2) is 0 Å². The molecule has 0 bridgehead atoms. The van der Waals surface area contributed by atoms with Gasteiger partial charge in [-0.15, -0.1) is 0 Å². The van der Waals surface area contributed by atoms with Crippen LogP contribution in [0.15, 0.2) is 60.8 Å². The molecule has 0 atom stereocenters. The molecule has 1 aliphatic rings. The van der Waals surface area contributed by atoms with Crippen molar-refractivity contribution in [1.29, 1.82) is 0 Å². The summed E-state index contributed by atoms with van der Waals surface area (Å²) in [4.78, 5) is 0. The maximum Gasteiger partial charge on any atom is -0.0313 e. The van der Waals surface area contributed by atoms with E-state index in [4.69, 9.17) is 0 Å². The molecule has 0 unspecified atom stereocenters. The summed E-state index contributed by atoms with van der Waals surface area (Å²) in [5, 5.41) is 0. The Kier molecular flexibility index (Phi) is 4.70. The third-order valence-corrected chi connectivity index (χ3v) is 1.55. The van der Waals surface area contributed by atoms with Crippen LogP contribution in [0, 0.1) is 0 Å². The summed E-state index contributed by atoms with van der Waals surface area (Å²) in [6.45, 7) is 0. The predicted octanol–water partition coefficient (Wildman–Crippen LogP) is 3.56. The first kappa shape index (κ1) is 8.79. The zero-order chi connectivity index (χ0) is 8.49. The predicted molar refractivity (Wildman–Crippen MR) is 54.9 cm³/mol. The lowest BCUT2D eigenvalue weighted by Crippen LogP contribution is -1.64. The fourth-order valence-corrected chi connectivity index (χ4v) is 0.927. The van der Waals surface area contributed by atoms with Crippen LogP contribution in [0.5, 0.6) is 0 Å². The topological polar surface area (TPSA) is 0 Å². The van der Waals surface area contributed by atoms with Crippen LogP contribution in [0.3, 0.4) is 0 Å². The smallest absolute Gasteiger partial charge is 0.0313 e. The highest BCUT2D eigenvalue weighted by Gasteiger charge is 1.74. The van der Waals surface area contributed by atoms with Crippen LogP contribution in [0.4, 0.5) is 0 Å². The highest BCUT2D eigenvalue weighted by molar-refractivity contribution is 5.18. The van der Waals surface area contributed by atoms with Crippen LogP contribution in [0.2, 0.25) is 0 Å². The van der Waals surface area contributed by atoms with Crippen molar-refractivity contribution in [2.75, 3.05) is 0 Å². The zero-order valence-electron chi connectivity index (χ0n) is 7.19. The van der Waals surface area contributed by atoms with Gasteiger partial charge in [0.25, 0.3) is 0 Å². The van der Waals surface area contributed by atoms with E-state index in [0.29, 0.717) is 0 Å². The molecule has 1 aliphatic carbocycles. The van der Waals surface area contributed by atoms with Gasteiger partial charge in [-0.3, -0.25) is 0 Å².